The van der Waals surface area contributed by atoms with Crippen LogP contribution in [0.4, 0.5) is 5.82 Å². The van der Waals surface area contributed by atoms with Gasteiger partial charge in [-0.15, -0.1) is 0 Å². The van der Waals surface area contributed by atoms with Gasteiger partial charge in [0.15, 0.2) is 11.5 Å². The topological polar surface area (TPSA) is 158 Å². The van der Waals surface area contributed by atoms with Crippen LogP contribution in [0, 0.1) is 11.3 Å². The predicted octanol–water partition coefficient (Wildman–Crippen LogP) is 0.621. The largest absolute Gasteiger partial charge is 0.463 e. The maximum atomic E-state index is 11.8. The summed E-state index contributed by atoms with van der Waals surface area (Å²) in [4.78, 5) is 29.9. The van der Waals surface area contributed by atoms with Crippen molar-refractivity contribution in [2.75, 3.05) is 12.0 Å². The SMILES string of the molecule is CCOC(=O)c1[nH]cnc1N/N=C(\C#N)C(=O)N/N=C/c1ccco1. The standard InChI is InChI=1S/C14H13N7O4/c1-2-24-14(23)11-12(17-8-16-11)20-19-10(6-15)13(22)21-18-7-9-4-3-5-25-9/h3-5,7-8,20H,2H2,1H3,(H,16,17)(H,21,22)/b18-7+,19-10+. The highest BCUT2D eigenvalue weighted by Crippen LogP contribution is 2.10. The number of anilines is 1. The summed E-state index contributed by atoms with van der Waals surface area (Å²) >= 11 is 0. The van der Waals surface area contributed by atoms with Gasteiger partial charge in [-0.25, -0.2) is 15.2 Å². The van der Waals surface area contributed by atoms with Crippen molar-refractivity contribution in [3.8, 4) is 6.07 Å². The van der Waals surface area contributed by atoms with Gasteiger partial charge in [-0.05, 0) is 19.1 Å². The second-order valence-electron chi connectivity index (χ2n) is 4.25. The van der Waals surface area contributed by atoms with Gasteiger partial charge in [0.05, 0.1) is 25.4 Å². The Kier molecular flexibility index (Phi) is 6.01. The van der Waals surface area contributed by atoms with Crippen LogP contribution in [0.25, 0.3) is 0 Å². The van der Waals surface area contributed by atoms with E-state index in [9.17, 15) is 9.59 Å². The number of H-pyrrole nitrogens is 1. The molecular formula is C14H13N7O4. The number of furan rings is 1. The third-order valence-electron chi connectivity index (χ3n) is 2.61. The van der Waals surface area contributed by atoms with Gasteiger partial charge in [-0.2, -0.15) is 15.5 Å². The molecule has 0 radical (unpaired) electrons. The van der Waals surface area contributed by atoms with Crippen molar-refractivity contribution in [1.29, 1.82) is 5.26 Å². The lowest BCUT2D eigenvalue weighted by Gasteiger charge is -2.02. The van der Waals surface area contributed by atoms with Crippen LogP contribution in [0.15, 0.2) is 39.3 Å². The molecule has 0 saturated carbocycles. The quantitative estimate of drug-likeness (QED) is 0.377. The molecular weight excluding hydrogens is 330 g/mol. The van der Waals surface area contributed by atoms with Gasteiger partial charge in [-0.1, -0.05) is 0 Å². The highest BCUT2D eigenvalue weighted by Gasteiger charge is 2.16. The van der Waals surface area contributed by atoms with E-state index in [2.05, 4.69) is 31.0 Å². The Bertz CT molecular complexity index is 830. The number of hydrogen-bond donors (Lipinski definition) is 3. The summed E-state index contributed by atoms with van der Waals surface area (Å²) in [5.74, 6) is -1.07. The first-order valence-electron chi connectivity index (χ1n) is 6.97. The van der Waals surface area contributed by atoms with Crippen molar-refractivity contribution in [2.45, 2.75) is 6.92 Å². The number of nitrogens with one attached hydrogen (secondary N) is 3. The number of hydrogen-bond acceptors (Lipinski definition) is 9. The second-order valence-corrected chi connectivity index (χ2v) is 4.25. The van der Waals surface area contributed by atoms with Gasteiger partial charge in [0, 0.05) is 0 Å². The van der Waals surface area contributed by atoms with Crippen LogP contribution in [0.2, 0.25) is 0 Å². The highest BCUT2D eigenvalue weighted by molar-refractivity contribution is 6.45. The fourth-order valence-electron chi connectivity index (χ4n) is 1.55. The lowest BCUT2D eigenvalue weighted by molar-refractivity contribution is -0.114. The maximum absolute atomic E-state index is 11.8. The van der Waals surface area contributed by atoms with E-state index in [0.29, 0.717) is 5.76 Å². The van der Waals surface area contributed by atoms with Gasteiger partial charge in [-0.3, -0.25) is 10.2 Å². The Hall–Kier alpha value is -3.94. The van der Waals surface area contributed by atoms with Crippen molar-refractivity contribution in [2.24, 2.45) is 10.2 Å². The van der Waals surface area contributed by atoms with Crippen molar-refractivity contribution >= 4 is 29.6 Å². The maximum Gasteiger partial charge on any atom is 0.358 e. The summed E-state index contributed by atoms with van der Waals surface area (Å²) in [5.41, 5.74) is 3.97. The van der Waals surface area contributed by atoms with E-state index >= 15 is 0 Å². The fraction of sp³-hybridized carbons (Fsp3) is 0.143. The van der Waals surface area contributed by atoms with Gasteiger partial charge in [0.25, 0.3) is 0 Å². The molecule has 25 heavy (non-hydrogen) atoms. The molecule has 0 saturated heterocycles. The van der Waals surface area contributed by atoms with Crippen molar-refractivity contribution in [1.82, 2.24) is 15.4 Å². The van der Waals surface area contributed by atoms with Gasteiger partial charge < -0.3 is 14.1 Å². The molecule has 11 nitrogen and oxygen atoms in total. The molecule has 2 aromatic rings. The number of aromatic nitrogens is 2. The van der Waals surface area contributed by atoms with Crippen LogP contribution in [0.3, 0.4) is 0 Å². The Balaban J connectivity index is 2.01. The molecule has 0 fully saturated rings. The van der Waals surface area contributed by atoms with E-state index in [1.807, 2.05) is 0 Å². The first-order chi connectivity index (χ1) is 12.2. The monoisotopic (exact) mass is 343 g/mol. The van der Waals surface area contributed by atoms with Crippen LogP contribution in [-0.4, -0.2) is 40.4 Å². The summed E-state index contributed by atoms with van der Waals surface area (Å²) in [7, 11) is 0. The summed E-state index contributed by atoms with van der Waals surface area (Å²) in [6, 6.07) is 4.89. The Morgan fingerprint density at radius 3 is 3.08 bits per heavy atom. The highest BCUT2D eigenvalue weighted by atomic mass is 16.5. The number of imidazole rings is 1. The number of hydrazone groups is 2. The minimum atomic E-state index is -0.856. The zero-order chi connectivity index (χ0) is 18.1. The fourth-order valence-corrected chi connectivity index (χ4v) is 1.55. The summed E-state index contributed by atoms with van der Waals surface area (Å²) in [6.45, 7) is 1.83. The molecule has 0 spiro atoms. The average molecular weight is 343 g/mol. The van der Waals surface area contributed by atoms with E-state index in [-0.39, 0.29) is 18.1 Å². The van der Waals surface area contributed by atoms with Crippen LogP contribution in [0.5, 0.6) is 0 Å². The molecule has 0 atom stereocenters. The van der Waals surface area contributed by atoms with Crippen LogP contribution in [0.1, 0.15) is 23.2 Å². The molecule has 128 valence electrons. The van der Waals surface area contributed by atoms with Gasteiger partial charge in [0.2, 0.25) is 5.71 Å². The number of carbonyl (C=O) groups is 2. The summed E-state index contributed by atoms with van der Waals surface area (Å²) in [5, 5.41) is 16.2. The Morgan fingerprint density at radius 2 is 2.40 bits per heavy atom. The molecule has 2 aromatic heterocycles. The molecule has 2 heterocycles. The Labute approximate surface area is 141 Å². The number of aromatic amines is 1. The van der Waals surface area contributed by atoms with E-state index in [1.54, 1.807) is 25.1 Å². The minimum absolute atomic E-state index is 0.0121. The molecule has 0 unspecified atom stereocenters. The molecule has 0 bridgehead atoms. The van der Waals surface area contributed by atoms with E-state index < -0.39 is 17.6 Å². The second kappa shape index (κ2) is 8.63. The van der Waals surface area contributed by atoms with E-state index in [0.717, 1.165) is 0 Å². The molecule has 0 aliphatic rings. The number of carbonyl (C=O) groups excluding carboxylic acids is 2. The predicted molar refractivity (Wildman–Crippen MR) is 85.7 cm³/mol. The third-order valence-corrected chi connectivity index (χ3v) is 2.61. The normalized spacial score (nSPS) is 11.1. The van der Waals surface area contributed by atoms with E-state index in [1.165, 1.54) is 18.8 Å². The lowest BCUT2D eigenvalue weighted by atomic mass is 10.4. The molecule has 0 aliphatic carbocycles. The Morgan fingerprint density at radius 1 is 1.56 bits per heavy atom. The van der Waals surface area contributed by atoms with Gasteiger partial charge in [0.1, 0.15) is 11.8 Å². The number of rotatable bonds is 7. The molecule has 1 amide bonds. The summed E-state index contributed by atoms with van der Waals surface area (Å²) < 4.78 is 9.82. The molecule has 0 aromatic carbocycles. The first-order valence-corrected chi connectivity index (χ1v) is 6.97. The molecule has 0 aliphatic heterocycles. The van der Waals surface area contributed by atoms with Gasteiger partial charge >= 0.3 is 11.9 Å². The smallest absolute Gasteiger partial charge is 0.358 e. The minimum Gasteiger partial charge on any atom is -0.463 e. The van der Waals surface area contributed by atoms with Crippen LogP contribution < -0.4 is 10.9 Å². The lowest BCUT2D eigenvalue weighted by Crippen LogP contribution is -2.27. The molecule has 11 heteroatoms. The van der Waals surface area contributed by atoms with Crippen molar-refractivity contribution in [3.05, 3.63) is 36.2 Å². The van der Waals surface area contributed by atoms with Crippen LogP contribution >= 0.6 is 0 Å². The first kappa shape index (κ1) is 17.4. The molecule has 2 rings (SSSR count). The van der Waals surface area contributed by atoms with Crippen molar-refractivity contribution < 1.29 is 18.7 Å². The molecule has 3 N–H and O–H groups in total. The van der Waals surface area contributed by atoms with E-state index in [4.69, 9.17) is 14.4 Å². The van der Waals surface area contributed by atoms with Crippen LogP contribution in [-0.2, 0) is 9.53 Å². The summed E-state index contributed by atoms with van der Waals surface area (Å²) in [6.07, 6.45) is 3.94. The zero-order valence-corrected chi connectivity index (χ0v) is 13.0. The number of amides is 1. The third kappa shape index (κ3) is 4.76. The zero-order valence-electron chi connectivity index (χ0n) is 13.0. The average Bonchev–Trinajstić information content (AvgIpc) is 3.27. The number of nitriles is 1. The van der Waals surface area contributed by atoms with Crippen molar-refractivity contribution in [3.63, 3.8) is 0 Å². The number of nitrogens with zero attached hydrogens (tertiary/aromatic N) is 4. The number of esters is 1. The number of ether oxygens (including phenoxy) is 1.